The number of hydrogen-bond donors (Lipinski definition) is 0. The second kappa shape index (κ2) is 6.84. The van der Waals surface area contributed by atoms with Gasteiger partial charge in [0.1, 0.15) is 16.7 Å². The third kappa shape index (κ3) is 3.90. The van der Waals surface area contributed by atoms with Crippen molar-refractivity contribution in [2.75, 3.05) is 20.1 Å². The molecule has 0 bridgehead atoms. The van der Waals surface area contributed by atoms with E-state index in [-0.39, 0.29) is 17.6 Å². The van der Waals surface area contributed by atoms with Crippen molar-refractivity contribution in [1.29, 1.82) is 0 Å². The van der Waals surface area contributed by atoms with Crippen molar-refractivity contribution in [2.24, 2.45) is 0 Å². The number of carbonyl (C=O) groups excluding carboxylic acids is 1. The maximum Gasteiger partial charge on any atom is 0.348 e. The molecule has 0 amide bonds. The lowest BCUT2D eigenvalue weighted by Crippen LogP contribution is -2.35. The van der Waals surface area contributed by atoms with E-state index in [1.54, 1.807) is 12.1 Å². The molecule has 1 aliphatic heterocycles. The summed E-state index contributed by atoms with van der Waals surface area (Å²) >= 11 is 1.17. The van der Waals surface area contributed by atoms with Gasteiger partial charge in [-0.15, -0.1) is 11.3 Å². The number of thiophene rings is 1. The van der Waals surface area contributed by atoms with Gasteiger partial charge in [0.25, 0.3) is 0 Å². The summed E-state index contributed by atoms with van der Waals surface area (Å²) in [6.07, 6.45) is 1.56. The molecule has 2 aromatic rings. The molecule has 1 saturated heterocycles. The van der Waals surface area contributed by atoms with Gasteiger partial charge in [0.05, 0.1) is 4.88 Å². The molecular formula is C17H20F2N2O3S. The zero-order chi connectivity index (χ0) is 18.2. The zero-order valence-electron chi connectivity index (χ0n) is 14.3. The van der Waals surface area contributed by atoms with E-state index in [4.69, 9.17) is 9.26 Å². The van der Waals surface area contributed by atoms with Gasteiger partial charge >= 0.3 is 11.9 Å². The second-order valence-corrected chi connectivity index (χ2v) is 7.53. The average molecular weight is 370 g/mol. The number of ether oxygens (including phenoxy) is 1. The van der Waals surface area contributed by atoms with Crippen LogP contribution in [-0.2, 0) is 10.7 Å². The summed E-state index contributed by atoms with van der Waals surface area (Å²) in [5.41, 5.74) is 0.615. The van der Waals surface area contributed by atoms with Crippen molar-refractivity contribution >= 4 is 17.3 Å². The fraction of sp³-hybridized carbons (Fsp3) is 0.529. The Balaban J connectivity index is 1.72. The number of hydrogen-bond acceptors (Lipinski definition) is 6. The monoisotopic (exact) mass is 370 g/mol. The molecule has 0 saturated carbocycles. The molecular weight excluding hydrogens is 350 g/mol. The van der Waals surface area contributed by atoms with Crippen LogP contribution >= 0.6 is 11.3 Å². The SMILES string of the molecule is Cc1c(-c2ccc(C(=O)OC3CCN(C)CC3)s2)noc1C(C)(F)F. The van der Waals surface area contributed by atoms with E-state index in [1.807, 2.05) is 7.05 Å². The molecule has 25 heavy (non-hydrogen) atoms. The van der Waals surface area contributed by atoms with Crippen LogP contribution in [-0.4, -0.2) is 42.3 Å². The normalized spacial score (nSPS) is 17.0. The Morgan fingerprint density at radius 1 is 1.40 bits per heavy atom. The van der Waals surface area contributed by atoms with Crippen LogP contribution in [0, 0.1) is 6.92 Å². The van der Waals surface area contributed by atoms with Crippen molar-refractivity contribution in [3.05, 3.63) is 28.3 Å². The van der Waals surface area contributed by atoms with Crippen LogP contribution in [0.15, 0.2) is 16.7 Å². The molecule has 1 aliphatic rings. The number of aromatic nitrogens is 1. The molecule has 5 nitrogen and oxygen atoms in total. The van der Waals surface area contributed by atoms with Crippen LogP contribution in [0.25, 0.3) is 10.6 Å². The van der Waals surface area contributed by atoms with Gasteiger partial charge in [-0.05, 0) is 38.9 Å². The standard InChI is InChI=1S/C17H20F2N2O3S/c1-10-14(20-24-15(10)17(2,18)19)12-4-5-13(25-12)16(22)23-11-6-8-21(3)9-7-11/h4-5,11H,6-9H2,1-3H3. The fourth-order valence-corrected chi connectivity index (χ4v) is 3.79. The summed E-state index contributed by atoms with van der Waals surface area (Å²) < 4.78 is 37.3. The van der Waals surface area contributed by atoms with Crippen molar-refractivity contribution in [3.63, 3.8) is 0 Å². The highest BCUT2D eigenvalue weighted by Gasteiger charge is 2.34. The molecule has 3 heterocycles. The molecule has 1 fully saturated rings. The lowest BCUT2D eigenvalue weighted by Gasteiger charge is -2.28. The quantitative estimate of drug-likeness (QED) is 0.759. The van der Waals surface area contributed by atoms with Gasteiger partial charge in [0.15, 0.2) is 0 Å². The Kier molecular flexibility index (Phi) is 4.92. The van der Waals surface area contributed by atoms with E-state index in [0.29, 0.717) is 15.4 Å². The van der Waals surface area contributed by atoms with E-state index in [2.05, 4.69) is 10.1 Å². The smallest absolute Gasteiger partial charge is 0.348 e. The topological polar surface area (TPSA) is 55.6 Å². The number of esters is 1. The largest absolute Gasteiger partial charge is 0.458 e. The van der Waals surface area contributed by atoms with E-state index in [0.717, 1.165) is 32.9 Å². The molecule has 0 aliphatic carbocycles. The maximum absolute atomic E-state index is 13.5. The van der Waals surface area contributed by atoms with Crippen molar-refractivity contribution in [3.8, 4) is 10.6 Å². The predicted octanol–water partition coefficient (Wildman–Crippen LogP) is 4.07. The van der Waals surface area contributed by atoms with Gasteiger partial charge < -0.3 is 14.2 Å². The van der Waals surface area contributed by atoms with Gasteiger partial charge in [0, 0.05) is 25.6 Å². The first-order chi connectivity index (χ1) is 11.8. The first-order valence-corrected chi connectivity index (χ1v) is 8.91. The molecule has 8 heteroatoms. The minimum Gasteiger partial charge on any atom is -0.458 e. The van der Waals surface area contributed by atoms with Gasteiger partial charge in [-0.1, -0.05) is 5.16 Å². The number of nitrogens with zero attached hydrogens (tertiary/aromatic N) is 2. The molecule has 3 rings (SSSR count). The van der Waals surface area contributed by atoms with Crippen LogP contribution in [0.3, 0.4) is 0 Å². The molecule has 0 atom stereocenters. The summed E-state index contributed by atoms with van der Waals surface area (Å²) in [6, 6.07) is 3.31. The molecule has 136 valence electrons. The third-order valence-electron chi connectivity index (χ3n) is 4.30. The Bertz CT molecular complexity index is 758. The number of carbonyl (C=O) groups is 1. The van der Waals surface area contributed by atoms with Gasteiger partial charge in [0.2, 0.25) is 5.76 Å². The number of likely N-dealkylation sites (tertiary alicyclic amines) is 1. The van der Waals surface area contributed by atoms with Crippen LogP contribution in [0.4, 0.5) is 8.78 Å². The summed E-state index contributed by atoms with van der Waals surface area (Å²) in [5, 5.41) is 3.75. The number of alkyl halides is 2. The lowest BCUT2D eigenvalue weighted by atomic mass is 10.1. The Labute approximate surface area is 148 Å². The minimum absolute atomic E-state index is 0.0755. The van der Waals surface area contributed by atoms with Crippen molar-refractivity contribution < 1.29 is 22.8 Å². The Hall–Kier alpha value is -1.80. The van der Waals surface area contributed by atoms with Crippen LogP contribution < -0.4 is 0 Å². The molecule has 0 radical (unpaired) electrons. The van der Waals surface area contributed by atoms with E-state index in [9.17, 15) is 13.6 Å². The molecule has 0 N–H and O–H groups in total. The summed E-state index contributed by atoms with van der Waals surface area (Å²) in [4.78, 5) is 15.5. The van der Waals surface area contributed by atoms with Gasteiger partial charge in [-0.25, -0.2) is 4.79 Å². The highest BCUT2D eigenvalue weighted by Crippen LogP contribution is 2.37. The average Bonchev–Trinajstić information content (AvgIpc) is 3.15. The summed E-state index contributed by atoms with van der Waals surface area (Å²) in [5.74, 6) is -3.93. The van der Waals surface area contributed by atoms with Gasteiger partial charge in [-0.3, -0.25) is 0 Å². The third-order valence-corrected chi connectivity index (χ3v) is 5.37. The van der Waals surface area contributed by atoms with Crippen molar-refractivity contribution in [2.45, 2.75) is 38.7 Å². The van der Waals surface area contributed by atoms with Crippen LogP contribution in [0.5, 0.6) is 0 Å². The zero-order valence-corrected chi connectivity index (χ0v) is 15.2. The highest BCUT2D eigenvalue weighted by atomic mass is 32.1. The fourth-order valence-electron chi connectivity index (χ4n) is 2.86. The van der Waals surface area contributed by atoms with Gasteiger partial charge in [-0.2, -0.15) is 8.78 Å². The highest BCUT2D eigenvalue weighted by molar-refractivity contribution is 7.17. The van der Waals surface area contributed by atoms with E-state index in [1.165, 1.54) is 18.3 Å². The Morgan fingerprint density at radius 2 is 2.08 bits per heavy atom. The molecule has 0 spiro atoms. The van der Waals surface area contributed by atoms with Crippen LogP contribution in [0.1, 0.15) is 40.8 Å². The number of rotatable bonds is 4. The second-order valence-electron chi connectivity index (χ2n) is 6.45. The maximum atomic E-state index is 13.5. The molecule has 0 unspecified atom stereocenters. The first kappa shape index (κ1) is 18.0. The molecule has 2 aromatic heterocycles. The molecule has 0 aromatic carbocycles. The summed E-state index contributed by atoms with van der Waals surface area (Å²) in [7, 11) is 2.04. The van der Waals surface area contributed by atoms with Crippen LogP contribution in [0.2, 0.25) is 0 Å². The summed E-state index contributed by atoms with van der Waals surface area (Å²) in [6.45, 7) is 4.11. The van der Waals surface area contributed by atoms with E-state index >= 15 is 0 Å². The van der Waals surface area contributed by atoms with E-state index < -0.39 is 11.7 Å². The van der Waals surface area contributed by atoms with Crippen molar-refractivity contribution in [1.82, 2.24) is 10.1 Å². The lowest BCUT2D eigenvalue weighted by molar-refractivity contribution is -0.0112. The Morgan fingerprint density at radius 3 is 2.68 bits per heavy atom. The minimum atomic E-state index is -3.09. The first-order valence-electron chi connectivity index (χ1n) is 8.10. The number of halogens is 2. The predicted molar refractivity (Wildman–Crippen MR) is 90.1 cm³/mol. The number of piperidine rings is 1.